The van der Waals surface area contributed by atoms with Crippen molar-refractivity contribution in [1.29, 1.82) is 0 Å². The summed E-state index contributed by atoms with van der Waals surface area (Å²) in [6, 6.07) is 22.1. The molecule has 1 aromatic heterocycles. The molecule has 0 spiro atoms. The van der Waals surface area contributed by atoms with Gasteiger partial charge in [0.15, 0.2) is 9.84 Å². The molecule has 0 fully saturated rings. The largest absolute Gasteiger partial charge is 0.465 e. The molecule has 4 aromatic rings. The van der Waals surface area contributed by atoms with Gasteiger partial charge in [-0.05, 0) is 53.6 Å². The SMILES string of the molecule is COC(=O)c1ccccc1S(=O)(=O)CC(O)c1cccc(/C=C/c2ccc3ccc(Cl)cc3n2)c1. The van der Waals surface area contributed by atoms with Crippen LogP contribution in [0.3, 0.4) is 0 Å². The maximum Gasteiger partial charge on any atom is 0.339 e. The molecule has 8 heteroatoms. The molecule has 6 nitrogen and oxygen atoms in total. The fourth-order valence-electron chi connectivity index (χ4n) is 3.66. The van der Waals surface area contributed by atoms with Gasteiger partial charge in [-0.25, -0.2) is 18.2 Å². The van der Waals surface area contributed by atoms with Crippen molar-refractivity contribution in [2.75, 3.05) is 12.9 Å². The molecule has 1 unspecified atom stereocenters. The number of ether oxygens (including phenoxy) is 1. The molecule has 0 aliphatic carbocycles. The van der Waals surface area contributed by atoms with Crippen LogP contribution in [0.4, 0.5) is 0 Å². The van der Waals surface area contributed by atoms with Crippen LogP contribution in [0.5, 0.6) is 0 Å². The summed E-state index contributed by atoms with van der Waals surface area (Å²) in [5.41, 5.74) is 2.64. The Morgan fingerprint density at radius 2 is 1.80 bits per heavy atom. The second-order valence-electron chi connectivity index (χ2n) is 7.86. The monoisotopic (exact) mass is 507 g/mol. The number of methoxy groups -OCH3 is 1. The summed E-state index contributed by atoms with van der Waals surface area (Å²) in [6.45, 7) is 0. The third kappa shape index (κ3) is 5.77. The van der Waals surface area contributed by atoms with E-state index in [2.05, 4.69) is 9.72 Å². The highest BCUT2D eigenvalue weighted by Gasteiger charge is 2.26. The first-order valence-corrected chi connectivity index (χ1v) is 12.7. The van der Waals surface area contributed by atoms with Crippen LogP contribution < -0.4 is 0 Å². The Bertz CT molecular complexity index is 1530. The number of benzene rings is 3. The van der Waals surface area contributed by atoms with E-state index in [1.165, 1.54) is 25.3 Å². The lowest BCUT2D eigenvalue weighted by Gasteiger charge is -2.14. The van der Waals surface area contributed by atoms with E-state index in [-0.39, 0.29) is 10.5 Å². The summed E-state index contributed by atoms with van der Waals surface area (Å²) in [6.07, 6.45) is 2.37. The molecule has 0 saturated carbocycles. The number of nitrogens with zero attached hydrogens (tertiary/aromatic N) is 1. The second-order valence-corrected chi connectivity index (χ2v) is 10.3. The van der Waals surface area contributed by atoms with E-state index < -0.39 is 27.7 Å². The molecule has 1 atom stereocenters. The number of rotatable bonds is 7. The van der Waals surface area contributed by atoms with E-state index in [1.807, 2.05) is 42.5 Å². The van der Waals surface area contributed by atoms with Gasteiger partial charge in [-0.15, -0.1) is 0 Å². The van der Waals surface area contributed by atoms with Crippen molar-refractivity contribution < 1.29 is 23.1 Å². The number of hydrogen-bond acceptors (Lipinski definition) is 6. The highest BCUT2D eigenvalue weighted by Crippen LogP contribution is 2.24. The Kier molecular flexibility index (Phi) is 7.31. The quantitative estimate of drug-likeness (QED) is 0.339. The molecule has 3 aromatic carbocycles. The molecular formula is C27H22ClNO5S. The van der Waals surface area contributed by atoms with Crippen molar-refractivity contribution in [2.24, 2.45) is 0 Å². The number of halogens is 1. The molecule has 0 radical (unpaired) electrons. The van der Waals surface area contributed by atoms with Crippen molar-refractivity contribution in [2.45, 2.75) is 11.0 Å². The lowest BCUT2D eigenvalue weighted by Crippen LogP contribution is -2.18. The normalized spacial score (nSPS) is 12.7. The van der Waals surface area contributed by atoms with Crippen LogP contribution in [0.2, 0.25) is 5.02 Å². The number of fused-ring (bicyclic) bond motifs is 1. The van der Waals surface area contributed by atoms with Gasteiger partial charge >= 0.3 is 5.97 Å². The standard InChI is InChI=1S/C27H22ClNO5S/c1-34-27(31)23-7-2-3-8-26(23)35(32,33)17-25(30)20-6-4-5-18(15-20)9-13-22-14-11-19-10-12-21(28)16-24(19)29-22/h2-16,25,30H,17H2,1H3/b13-9+. The van der Waals surface area contributed by atoms with E-state index in [4.69, 9.17) is 11.6 Å². The first-order chi connectivity index (χ1) is 16.8. The minimum Gasteiger partial charge on any atom is -0.465 e. The number of pyridine rings is 1. The van der Waals surface area contributed by atoms with Gasteiger partial charge in [0.2, 0.25) is 0 Å². The van der Waals surface area contributed by atoms with Crippen LogP contribution in [0, 0.1) is 0 Å². The van der Waals surface area contributed by atoms with Crippen LogP contribution in [0.15, 0.2) is 83.8 Å². The molecular weight excluding hydrogens is 486 g/mol. The van der Waals surface area contributed by atoms with Crippen LogP contribution in [0.1, 0.15) is 33.3 Å². The Morgan fingerprint density at radius 1 is 1.03 bits per heavy atom. The van der Waals surface area contributed by atoms with Gasteiger partial charge in [0.1, 0.15) is 0 Å². The Morgan fingerprint density at radius 3 is 2.60 bits per heavy atom. The Labute approximate surface area is 208 Å². The first kappa shape index (κ1) is 24.6. The summed E-state index contributed by atoms with van der Waals surface area (Å²) in [7, 11) is -2.79. The van der Waals surface area contributed by atoms with E-state index in [1.54, 1.807) is 30.3 Å². The summed E-state index contributed by atoms with van der Waals surface area (Å²) in [5.74, 6) is -1.34. The predicted molar refractivity (Wildman–Crippen MR) is 137 cm³/mol. The smallest absolute Gasteiger partial charge is 0.339 e. The van der Waals surface area contributed by atoms with Gasteiger partial charge in [0, 0.05) is 10.4 Å². The van der Waals surface area contributed by atoms with Gasteiger partial charge < -0.3 is 9.84 Å². The molecule has 0 aliphatic rings. The zero-order valence-electron chi connectivity index (χ0n) is 18.8. The number of esters is 1. The number of sulfone groups is 1. The fourth-order valence-corrected chi connectivity index (χ4v) is 5.39. The van der Waals surface area contributed by atoms with Gasteiger partial charge in [-0.2, -0.15) is 0 Å². The van der Waals surface area contributed by atoms with Gasteiger partial charge in [-0.1, -0.05) is 60.1 Å². The van der Waals surface area contributed by atoms with E-state index >= 15 is 0 Å². The number of hydrogen-bond donors (Lipinski definition) is 1. The topological polar surface area (TPSA) is 93.6 Å². The lowest BCUT2D eigenvalue weighted by atomic mass is 10.1. The van der Waals surface area contributed by atoms with Gasteiger partial charge in [-0.3, -0.25) is 0 Å². The number of aliphatic hydroxyl groups is 1. The van der Waals surface area contributed by atoms with Gasteiger partial charge in [0.25, 0.3) is 0 Å². The third-order valence-corrected chi connectivity index (χ3v) is 7.44. The molecule has 0 bridgehead atoms. The highest BCUT2D eigenvalue weighted by atomic mass is 35.5. The molecule has 0 amide bonds. The van der Waals surface area contributed by atoms with Crippen LogP contribution in [0.25, 0.3) is 23.1 Å². The van der Waals surface area contributed by atoms with E-state index in [0.29, 0.717) is 10.6 Å². The minimum absolute atomic E-state index is 0.0666. The first-order valence-electron chi connectivity index (χ1n) is 10.7. The van der Waals surface area contributed by atoms with Crippen molar-refractivity contribution in [1.82, 2.24) is 4.98 Å². The zero-order valence-corrected chi connectivity index (χ0v) is 20.3. The molecule has 178 valence electrons. The summed E-state index contributed by atoms with van der Waals surface area (Å²) in [5, 5.41) is 12.3. The van der Waals surface area contributed by atoms with E-state index in [9.17, 15) is 18.3 Å². The average molecular weight is 508 g/mol. The lowest BCUT2D eigenvalue weighted by molar-refractivity contribution is 0.0596. The number of carbonyl (C=O) groups excluding carboxylic acids is 1. The molecule has 1 N–H and O–H groups in total. The van der Waals surface area contributed by atoms with Crippen molar-refractivity contribution >= 4 is 50.5 Å². The molecule has 4 rings (SSSR count). The van der Waals surface area contributed by atoms with Crippen LogP contribution in [-0.4, -0.2) is 37.3 Å². The van der Waals surface area contributed by atoms with E-state index in [0.717, 1.165) is 22.2 Å². The predicted octanol–water partition coefficient (Wildman–Crippen LogP) is 5.35. The molecule has 0 saturated heterocycles. The Balaban J connectivity index is 1.54. The average Bonchev–Trinajstić information content (AvgIpc) is 2.86. The maximum absolute atomic E-state index is 13.0. The second kappa shape index (κ2) is 10.4. The van der Waals surface area contributed by atoms with Crippen molar-refractivity contribution in [3.63, 3.8) is 0 Å². The van der Waals surface area contributed by atoms with Crippen molar-refractivity contribution in [3.05, 3.63) is 106 Å². The summed E-state index contributed by atoms with van der Waals surface area (Å²) < 4.78 is 30.7. The number of aliphatic hydroxyl groups excluding tert-OH is 1. The molecule has 1 heterocycles. The van der Waals surface area contributed by atoms with Gasteiger partial charge in [0.05, 0.1) is 40.6 Å². The van der Waals surface area contributed by atoms with Crippen LogP contribution >= 0.6 is 11.6 Å². The number of aromatic nitrogens is 1. The molecule has 0 aliphatic heterocycles. The zero-order chi connectivity index (χ0) is 25.0. The Hall–Kier alpha value is -3.52. The summed E-state index contributed by atoms with van der Waals surface area (Å²) in [4.78, 5) is 16.4. The summed E-state index contributed by atoms with van der Waals surface area (Å²) >= 11 is 6.06. The van der Waals surface area contributed by atoms with Crippen molar-refractivity contribution in [3.8, 4) is 0 Å². The highest BCUT2D eigenvalue weighted by molar-refractivity contribution is 7.91. The molecule has 35 heavy (non-hydrogen) atoms. The fraction of sp³-hybridized carbons (Fsp3) is 0.111. The van der Waals surface area contributed by atoms with Crippen LogP contribution in [-0.2, 0) is 14.6 Å². The number of carbonyl (C=O) groups is 1. The minimum atomic E-state index is -3.98. The maximum atomic E-state index is 13.0. The third-order valence-electron chi connectivity index (χ3n) is 5.42.